The molecule has 0 saturated carbocycles. The van der Waals surface area contributed by atoms with Gasteiger partial charge in [-0.05, 0) is 61.6 Å². The molecule has 2 aromatic rings. The Bertz CT molecular complexity index is 1180. The van der Waals surface area contributed by atoms with Crippen molar-refractivity contribution in [1.29, 1.82) is 0 Å². The Morgan fingerprint density at radius 3 is 2.41 bits per heavy atom. The summed E-state index contributed by atoms with van der Waals surface area (Å²) >= 11 is 6.05. The molecule has 6 nitrogen and oxygen atoms in total. The van der Waals surface area contributed by atoms with Gasteiger partial charge in [0.15, 0.2) is 17.3 Å². The molecule has 7 heteroatoms. The van der Waals surface area contributed by atoms with Crippen molar-refractivity contribution in [1.82, 2.24) is 5.32 Å². The number of Topliss-reactive ketones (excluding diaryl/α,β-unsaturated/α-hetero) is 1. The third kappa shape index (κ3) is 4.42. The molecule has 0 bridgehead atoms. The van der Waals surface area contributed by atoms with Crippen molar-refractivity contribution in [3.63, 3.8) is 0 Å². The average Bonchev–Trinajstić information content (AvgIpc) is 2.83. The molecule has 2 aliphatic rings. The highest BCUT2D eigenvalue weighted by Crippen LogP contribution is 2.47. The van der Waals surface area contributed by atoms with Gasteiger partial charge >= 0.3 is 5.97 Å². The monoisotopic (exact) mass is 481 g/mol. The van der Waals surface area contributed by atoms with E-state index in [1.54, 1.807) is 7.11 Å². The van der Waals surface area contributed by atoms with Gasteiger partial charge in [0.05, 0.1) is 26.4 Å². The van der Waals surface area contributed by atoms with Gasteiger partial charge in [-0.15, -0.1) is 0 Å². The topological polar surface area (TPSA) is 73.9 Å². The second-order valence-electron chi connectivity index (χ2n) is 8.40. The summed E-state index contributed by atoms with van der Waals surface area (Å²) in [7, 11) is 2.92. The van der Waals surface area contributed by atoms with Crippen LogP contribution in [0.1, 0.15) is 49.7 Å². The number of halogens is 1. The lowest BCUT2D eigenvalue weighted by atomic mass is 9.71. The Morgan fingerprint density at radius 1 is 1.06 bits per heavy atom. The smallest absolute Gasteiger partial charge is 0.336 e. The lowest BCUT2D eigenvalue weighted by Gasteiger charge is -2.36. The quantitative estimate of drug-likeness (QED) is 0.566. The zero-order chi connectivity index (χ0) is 24.4. The number of nitrogens with one attached hydrogen (secondary N) is 1. The Balaban J connectivity index is 1.81. The fraction of sp³-hybridized carbons (Fsp3) is 0.333. The molecule has 0 spiro atoms. The summed E-state index contributed by atoms with van der Waals surface area (Å²) in [5.41, 5.74) is 4.36. The van der Waals surface area contributed by atoms with Gasteiger partial charge in [-0.1, -0.05) is 29.8 Å². The fourth-order valence-corrected chi connectivity index (χ4v) is 4.99. The maximum absolute atomic E-state index is 13.6. The first-order valence-electron chi connectivity index (χ1n) is 11.3. The molecule has 4 rings (SSSR count). The zero-order valence-corrected chi connectivity index (χ0v) is 20.5. The first-order valence-corrected chi connectivity index (χ1v) is 11.6. The molecule has 0 amide bonds. The molecular weight excluding hydrogens is 454 g/mol. The first kappa shape index (κ1) is 23.9. The van der Waals surface area contributed by atoms with Crippen LogP contribution in [0.3, 0.4) is 0 Å². The van der Waals surface area contributed by atoms with Gasteiger partial charge in [0.25, 0.3) is 0 Å². The van der Waals surface area contributed by atoms with E-state index in [9.17, 15) is 9.59 Å². The molecular formula is C27H28ClNO5. The number of carbonyl (C=O) groups is 2. The van der Waals surface area contributed by atoms with Crippen molar-refractivity contribution in [2.45, 2.75) is 38.5 Å². The molecule has 2 aromatic carbocycles. The van der Waals surface area contributed by atoms with Gasteiger partial charge in [0.2, 0.25) is 0 Å². The van der Waals surface area contributed by atoms with Crippen LogP contribution in [0.15, 0.2) is 65.0 Å². The summed E-state index contributed by atoms with van der Waals surface area (Å²) in [6.07, 6.45) is 0.999. The number of rotatable bonds is 6. The first-order chi connectivity index (χ1) is 16.4. The van der Waals surface area contributed by atoms with E-state index in [1.807, 2.05) is 56.3 Å². The van der Waals surface area contributed by atoms with E-state index in [-0.39, 0.29) is 11.7 Å². The molecule has 2 atom stereocenters. The van der Waals surface area contributed by atoms with Crippen molar-refractivity contribution < 1.29 is 23.8 Å². The Labute approximate surface area is 204 Å². The van der Waals surface area contributed by atoms with Crippen molar-refractivity contribution in [2.24, 2.45) is 0 Å². The van der Waals surface area contributed by atoms with Gasteiger partial charge in [0.1, 0.15) is 0 Å². The van der Waals surface area contributed by atoms with E-state index in [2.05, 4.69) is 5.32 Å². The predicted molar refractivity (Wildman–Crippen MR) is 130 cm³/mol. The number of carbonyl (C=O) groups excluding carboxylic acids is 2. The molecule has 1 aliphatic heterocycles. The second kappa shape index (κ2) is 9.94. The Hall–Kier alpha value is -3.25. The summed E-state index contributed by atoms with van der Waals surface area (Å²) in [6.45, 7) is 4.23. The summed E-state index contributed by atoms with van der Waals surface area (Å²) in [5, 5.41) is 4.00. The molecule has 1 aliphatic carbocycles. The Kier molecular flexibility index (Phi) is 6.98. The van der Waals surface area contributed by atoms with Crippen LogP contribution in [0.25, 0.3) is 0 Å². The minimum atomic E-state index is -0.563. The molecule has 0 aromatic heterocycles. The minimum Gasteiger partial charge on any atom is -0.493 e. The zero-order valence-electron chi connectivity index (χ0n) is 19.7. The van der Waals surface area contributed by atoms with Crippen LogP contribution < -0.4 is 14.8 Å². The van der Waals surface area contributed by atoms with Crippen LogP contribution >= 0.6 is 11.6 Å². The molecule has 0 saturated heterocycles. The van der Waals surface area contributed by atoms with Crippen molar-refractivity contribution in [2.75, 3.05) is 20.8 Å². The molecule has 34 heavy (non-hydrogen) atoms. The largest absolute Gasteiger partial charge is 0.493 e. The van der Waals surface area contributed by atoms with Crippen LogP contribution in [0.5, 0.6) is 11.5 Å². The van der Waals surface area contributed by atoms with Gasteiger partial charge in [0, 0.05) is 34.3 Å². The normalized spacial score (nSPS) is 20.0. The molecule has 1 heterocycles. The van der Waals surface area contributed by atoms with Gasteiger partial charge in [-0.25, -0.2) is 4.79 Å². The van der Waals surface area contributed by atoms with Crippen molar-refractivity contribution in [3.8, 4) is 11.5 Å². The molecule has 0 radical (unpaired) electrons. The van der Waals surface area contributed by atoms with Crippen LogP contribution in [0.2, 0.25) is 5.02 Å². The van der Waals surface area contributed by atoms with Crippen LogP contribution in [-0.2, 0) is 14.3 Å². The highest BCUT2D eigenvalue weighted by molar-refractivity contribution is 6.30. The van der Waals surface area contributed by atoms with E-state index >= 15 is 0 Å². The third-order valence-electron chi connectivity index (χ3n) is 6.40. The molecule has 178 valence electrons. The number of benzene rings is 2. The van der Waals surface area contributed by atoms with E-state index in [4.69, 9.17) is 25.8 Å². The SMILES string of the molecule is CCOc1ccc([C@@H]2C(C(=O)OC)=C(C)NC3=C2C(=O)C[C@@H](c2ccc(Cl)cc2)C3)cc1OC. The van der Waals surface area contributed by atoms with E-state index in [0.29, 0.717) is 52.8 Å². The number of allylic oxidation sites excluding steroid dienone is 3. The molecule has 1 N–H and O–H groups in total. The maximum Gasteiger partial charge on any atom is 0.336 e. The second-order valence-corrected chi connectivity index (χ2v) is 8.84. The standard InChI is InChI=1S/C27H28ClNO5/c1-5-34-22-11-8-17(14-23(22)32-3)25-24(27(31)33-4)15(2)29-20-12-18(13-21(30)26(20)25)16-6-9-19(28)10-7-16/h6-11,14,18,25,29H,5,12-13H2,1-4H3/t18-,25+/m0/s1. The average molecular weight is 482 g/mol. The summed E-state index contributed by atoms with van der Waals surface area (Å²) in [5.74, 6) is 0.146. The van der Waals surface area contributed by atoms with E-state index in [0.717, 1.165) is 16.8 Å². The van der Waals surface area contributed by atoms with E-state index in [1.165, 1.54) is 7.11 Å². The van der Waals surface area contributed by atoms with E-state index < -0.39 is 11.9 Å². The van der Waals surface area contributed by atoms with Crippen molar-refractivity contribution >= 4 is 23.4 Å². The number of ketones is 1. The third-order valence-corrected chi connectivity index (χ3v) is 6.65. The number of methoxy groups -OCH3 is 2. The number of hydrogen-bond donors (Lipinski definition) is 1. The number of esters is 1. The lowest BCUT2D eigenvalue weighted by Crippen LogP contribution is -2.36. The summed E-state index contributed by atoms with van der Waals surface area (Å²) in [6, 6.07) is 13.1. The highest BCUT2D eigenvalue weighted by Gasteiger charge is 2.41. The molecule has 0 fully saturated rings. The van der Waals surface area contributed by atoms with Crippen LogP contribution in [0, 0.1) is 0 Å². The van der Waals surface area contributed by atoms with Crippen molar-refractivity contribution in [3.05, 3.63) is 81.2 Å². The van der Waals surface area contributed by atoms with Crippen LogP contribution in [-0.4, -0.2) is 32.6 Å². The predicted octanol–water partition coefficient (Wildman–Crippen LogP) is 5.28. The van der Waals surface area contributed by atoms with Gasteiger partial charge in [-0.2, -0.15) is 0 Å². The fourth-order valence-electron chi connectivity index (χ4n) is 4.86. The van der Waals surface area contributed by atoms with Gasteiger partial charge in [-0.3, -0.25) is 4.79 Å². The van der Waals surface area contributed by atoms with Crippen LogP contribution in [0.4, 0.5) is 0 Å². The minimum absolute atomic E-state index is 0.000421. The highest BCUT2D eigenvalue weighted by atomic mass is 35.5. The maximum atomic E-state index is 13.6. The molecule has 0 unspecified atom stereocenters. The van der Waals surface area contributed by atoms with Gasteiger partial charge < -0.3 is 19.5 Å². The number of dihydropyridines is 1. The summed E-state index contributed by atoms with van der Waals surface area (Å²) < 4.78 is 16.3. The number of hydrogen-bond acceptors (Lipinski definition) is 6. The lowest BCUT2D eigenvalue weighted by molar-refractivity contribution is -0.136. The Morgan fingerprint density at radius 2 is 1.76 bits per heavy atom. The number of ether oxygens (including phenoxy) is 3. The summed E-state index contributed by atoms with van der Waals surface area (Å²) in [4.78, 5) is 26.5.